The van der Waals surface area contributed by atoms with Crippen molar-refractivity contribution in [2.45, 2.75) is 30.8 Å². The highest BCUT2D eigenvalue weighted by molar-refractivity contribution is 7.92. The van der Waals surface area contributed by atoms with Crippen molar-refractivity contribution in [3.63, 3.8) is 0 Å². The van der Waals surface area contributed by atoms with Crippen molar-refractivity contribution < 1.29 is 17.9 Å². The Hall–Kier alpha value is -2.35. The Morgan fingerprint density at radius 2 is 1.94 bits per heavy atom. The van der Waals surface area contributed by atoms with Gasteiger partial charge in [-0.15, -0.1) is 6.58 Å². The van der Waals surface area contributed by atoms with Gasteiger partial charge in [-0.05, 0) is 50.1 Å². The van der Waals surface area contributed by atoms with Gasteiger partial charge < -0.3 is 9.64 Å². The summed E-state index contributed by atoms with van der Waals surface area (Å²) < 4.78 is 33.7. The Labute approximate surface area is 189 Å². The molecule has 166 valence electrons. The Bertz CT molecular complexity index is 1030. The Kier molecular flexibility index (Phi) is 7.75. The molecule has 3 rings (SSSR count). The predicted molar refractivity (Wildman–Crippen MR) is 123 cm³/mol. The van der Waals surface area contributed by atoms with E-state index in [0.29, 0.717) is 36.0 Å². The zero-order valence-electron chi connectivity index (χ0n) is 17.5. The quantitative estimate of drug-likeness (QED) is 0.546. The highest BCUT2D eigenvalue weighted by Crippen LogP contribution is 2.30. The first-order valence-corrected chi connectivity index (χ1v) is 12.1. The summed E-state index contributed by atoms with van der Waals surface area (Å²) in [4.78, 5) is 14.8. The molecule has 0 aromatic heterocycles. The van der Waals surface area contributed by atoms with Gasteiger partial charge in [0.1, 0.15) is 0 Å². The third-order valence-corrected chi connectivity index (χ3v) is 7.31. The molecule has 0 N–H and O–H groups in total. The van der Waals surface area contributed by atoms with Gasteiger partial charge in [0.15, 0.2) is 0 Å². The second-order valence-electron chi connectivity index (χ2n) is 7.25. The summed E-state index contributed by atoms with van der Waals surface area (Å²) in [7, 11) is -3.95. The first kappa shape index (κ1) is 23.3. The van der Waals surface area contributed by atoms with Crippen LogP contribution >= 0.6 is 11.6 Å². The Morgan fingerprint density at radius 1 is 1.23 bits per heavy atom. The standard InChI is InChI=1S/C23H27ClN2O4S/c1-3-14-26(22-11-6-5-10-21(22)24)31(28,29)20-9-7-8-18(17-20)23(27)25-15-12-19(13-16-25)30-4-2/h3,5-11,17,19H,1,4,12-16H2,2H3. The predicted octanol–water partition coefficient (Wildman–Crippen LogP) is 4.36. The number of halogens is 1. The lowest BCUT2D eigenvalue weighted by Crippen LogP contribution is -2.41. The number of likely N-dealkylation sites (tertiary alicyclic amines) is 1. The van der Waals surface area contributed by atoms with Crippen molar-refractivity contribution in [3.05, 3.63) is 71.8 Å². The largest absolute Gasteiger partial charge is 0.378 e. The van der Waals surface area contributed by atoms with Crippen molar-refractivity contribution in [3.8, 4) is 0 Å². The van der Waals surface area contributed by atoms with Crippen LogP contribution in [0.2, 0.25) is 5.02 Å². The molecule has 8 heteroatoms. The number of hydrogen-bond acceptors (Lipinski definition) is 4. The third-order valence-electron chi connectivity index (χ3n) is 5.22. The number of amides is 1. The van der Waals surface area contributed by atoms with E-state index in [9.17, 15) is 13.2 Å². The molecule has 1 fully saturated rings. The summed E-state index contributed by atoms with van der Waals surface area (Å²) in [6.07, 6.45) is 3.22. The lowest BCUT2D eigenvalue weighted by atomic mass is 10.1. The number of ether oxygens (including phenoxy) is 1. The van der Waals surface area contributed by atoms with Gasteiger partial charge in [-0.3, -0.25) is 9.10 Å². The number of para-hydroxylation sites is 1. The molecule has 0 spiro atoms. The lowest BCUT2D eigenvalue weighted by molar-refractivity contribution is 0.0146. The van der Waals surface area contributed by atoms with Crippen LogP contribution in [0.4, 0.5) is 5.69 Å². The highest BCUT2D eigenvalue weighted by Gasteiger charge is 2.28. The van der Waals surface area contributed by atoms with Gasteiger partial charge in [-0.2, -0.15) is 0 Å². The Morgan fingerprint density at radius 3 is 2.58 bits per heavy atom. The molecule has 1 heterocycles. The van der Waals surface area contributed by atoms with E-state index in [1.54, 1.807) is 41.3 Å². The molecule has 2 aromatic rings. The van der Waals surface area contributed by atoms with Gasteiger partial charge >= 0.3 is 0 Å². The van der Waals surface area contributed by atoms with Crippen LogP contribution in [0.5, 0.6) is 0 Å². The van der Waals surface area contributed by atoms with Gasteiger partial charge in [0.05, 0.1) is 28.3 Å². The number of carbonyl (C=O) groups excluding carboxylic acids is 1. The fourth-order valence-corrected chi connectivity index (χ4v) is 5.45. The van der Waals surface area contributed by atoms with Gasteiger partial charge in [-0.25, -0.2) is 8.42 Å². The number of benzene rings is 2. The molecule has 0 unspecified atom stereocenters. The fourth-order valence-electron chi connectivity index (χ4n) is 3.66. The van der Waals surface area contributed by atoms with Crippen LogP contribution < -0.4 is 4.31 Å². The maximum Gasteiger partial charge on any atom is 0.264 e. The molecule has 6 nitrogen and oxygen atoms in total. The van der Waals surface area contributed by atoms with E-state index < -0.39 is 10.0 Å². The van der Waals surface area contributed by atoms with E-state index in [1.165, 1.54) is 22.5 Å². The maximum atomic E-state index is 13.4. The van der Waals surface area contributed by atoms with E-state index in [4.69, 9.17) is 16.3 Å². The summed E-state index contributed by atoms with van der Waals surface area (Å²) in [6, 6.07) is 12.9. The zero-order chi connectivity index (χ0) is 22.4. The molecule has 0 bridgehead atoms. The normalized spacial score (nSPS) is 15.0. The van der Waals surface area contributed by atoms with Gasteiger partial charge in [0, 0.05) is 25.3 Å². The van der Waals surface area contributed by atoms with E-state index in [-0.39, 0.29) is 23.5 Å². The summed E-state index contributed by atoms with van der Waals surface area (Å²) >= 11 is 6.25. The molecular formula is C23H27ClN2O4S. The second kappa shape index (κ2) is 10.3. The molecule has 1 amide bonds. The third kappa shape index (κ3) is 5.29. The van der Waals surface area contributed by atoms with Gasteiger partial charge in [0.2, 0.25) is 0 Å². The van der Waals surface area contributed by atoms with Crippen LogP contribution in [-0.2, 0) is 14.8 Å². The van der Waals surface area contributed by atoms with Crippen LogP contribution in [0, 0.1) is 0 Å². The molecule has 0 saturated carbocycles. The first-order chi connectivity index (χ1) is 14.9. The van der Waals surface area contributed by atoms with Crippen molar-refractivity contribution >= 4 is 33.2 Å². The van der Waals surface area contributed by atoms with Gasteiger partial charge in [0.25, 0.3) is 15.9 Å². The van der Waals surface area contributed by atoms with E-state index in [2.05, 4.69) is 6.58 Å². The number of rotatable bonds is 8. The molecule has 0 atom stereocenters. The number of nitrogens with zero attached hydrogens (tertiary/aromatic N) is 2. The van der Waals surface area contributed by atoms with Crippen LogP contribution in [0.3, 0.4) is 0 Å². The van der Waals surface area contributed by atoms with Crippen LogP contribution in [-0.4, -0.2) is 51.6 Å². The van der Waals surface area contributed by atoms with Crippen LogP contribution in [0.15, 0.2) is 66.1 Å². The number of sulfonamides is 1. The smallest absolute Gasteiger partial charge is 0.264 e. The summed E-state index contributed by atoms with van der Waals surface area (Å²) in [5.74, 6) is -0.181. The Balaban J connectivity index is 1.86. The molecule has 1 aliphatic heterocycles. The molecule has 1 aliphatic rings. The summed E-state index contributed by atoms with van der Waals surface area (Å²) in [6.45, 7) is 7.51. The first-order valence-electron chi connectivity index (χ1n) is 10.3. The molecule has 0 aliphatic carbocycles. The lowest BCUT2D eigenvalue weighted by Gasteiger charge is -2.32. The molecule has 0 radical (unpaired) electrons. The van der Waals surface area contributed by atoms with Crippen molar-refractivity contribution in [1.82, 2.24) is 4.90 Å². The van der Waals surface area contributed by atoms with Crippen LogP contribution in [0.25, 0.3) is 0 Å². The number of anilines is 1. The minimum absolute atomic E-state index is 0.0318. The number of carbonyl (C=O) groups is 1. The highest BCUT2D eigenvalue weighted by atomic mass is 35.5. The molecule has 31 heavy (non-hydrogen) atoms. The average molecular weight is 463 g/mol. The SMILES string of the molecule is C=CCN(c1ccccc1Cl)S(=O)(=O)c1cccc(C(=O)N2CCC(OCC)CC2)c1. The van der Waals surface area contributed by atoms with E-state index >= 15 is 0 Å². The zero-order valence-corrected chi connectivity index (χ0v) is 19.1. The molecule has 2 aromatic carbocycles. The monoisotopic (exact) mass is 462 g/mol. The van der Waals surface area contributed by atoms with E-state index in [1.807, 2.05) is 6.92 Å². The fraction of sp³-hybridized carbons (Fsp3) is 0.348. The summed E-state index contributed by atoms with van der Waals surface area (Å²) in [5, 5.41) is 0.317. The van der Waals surface area contributed by atoms with Gasteiger partial charge in [-0.1, -0.05) is 35.9 Å². The minimum atomic E-state index is -3.95. The number of piperidine rings is 1. The topological polar surface area (TPSA) is 66.9 Å². The average Bonchev–Trinajstić information content (AvgIpc) is 2.78. The van der Waals surface area contributed by atoms with Crippen molar-refractivity contribution in [1.29, 1.82) is 0 Å². The van der Waals surface area contributed by atoms with Crippen molar-refractivity contribution in [2.75, 3.05) is 30.5 Å². The maximum absolute atomic E-state index is 13.4. The number of hydrogen-bond donors (Lipinski definition) is 0. The summed E-state index contributed by atoms with van der Waals surface area (Å²) in [5.41, 5.74) is 0.701. The second-order valence-corrected chi connectivity index (χ2v) is 9.52. The van der Waals surface area contributed by atoms with E-state index in [0.717, 1.165) is 12.8 Å². The molecular weight excluding hydrogens is 436 g/mol. The van der Waals surface area contributed by atoms with Crippen LogP contribution in [0.1, 0.15) is 30.1 Å². The van der Waals surface area contributed by atoms with Crippen molar-refractivity contribution in [2.24, 2.45) is 0 Å². The minimum Gasteiger partial charge on any atom is -0.378 e. The molecule has 1 saturated heterocycles.